The van der Waals surface area contributed by atoms with Gasteiger partial charge in [-0.05, 0) is 45.6 Å². The third kappa shape index (κ3) is 6.94. The Kier molecular flexibility index (Phi) is 8.91. The van der Waals surface area contributed by atoms with E-state index in [9.17, 15) is 4.79 Å². The lowest BCUT2D eigenvalue weighted by molar-refractivity contribution is -0.121. The summed E-state index contributed by atoms with van der Waals surface area (Å²) in [5.41, 5.74) is 1.02. The second-order valence-electron chi connectivity index (χ2n) is 7.30. The lowest BCUT2D eigenvalue weighted by Crippen LogP contribution is -2.39. The Morgan fingerprint density at radius 3 is 2.64 bits per heavy atom. The Bertz CT molecular complexity index is 655. The molecule has 1 aromatic carbocycles. The van der Waals surface area contributed by atoms with Gasteiger partial charge < -0.3 is 25.4 Å². The highest BCUT2D eigenvalue weighted by molar-refractivity contribution is 5.81. The molecule has 1 aliphatic carbocycles. The van der Waals surface area contributed by atoms with Crippen LogP contribution >= 0.6 is 0 Å². The number of carbonyl (C=O) groups is 1. The molecule has 0 unspecified atom stereocenters. The summed E-state index contributed by atoms with van der Waals surface area (Å²) in [5, 5.41) is 9.34. The highest BCUT2D eigenvalue weighted by Crippen LogP contribution is 2.34. The molecule has 0 atom stereocenters. The van der Waals surface area contributed by atoms with Crippen LogP contribution in [0.3, 0.4) is 0 Å². The first kappa shape index (κ1) is 21.9. The number of rotatable bonds is 9. The minimum absolute atomic E-state index is 0.0259. The predicted molar refractivity (Wildman–Crippen MR) is 112 cm³/mol. The third-order valence-electron chi connectivity index (χ3n) is 4.63. The van der Waals surface area contributed by atoms with Crippen LogP contribution in [0, 0.1) is 0 Å². The van der Waals surface area contributed by atoms with Crippen molar-refractivity contribution >= 4 is 11.9 Å². The van der Waals surface area contributed by atoms with E-state index in [-0.39, 0.29) is 18.1 Å². The fourth-order valence-corrected chi connectivity index (χ4v) is 3.26. The van der Waals surface area contributed by atoms with Crippen molar-refractivity contribution in [2.45, 2.75) is 64.6 Å². The van der Waals surface area contributed by atoms with E-state index in [2.05, 4.69) is 20.9 Å². The number of ether oxygens (including phenoxy) is 2. The number of amides is 1. The SMILES string of the molecule is CN=C(NCCC(=O)NC(C)C)NCc1cccc(OC)c1OC1CCCC1. The van der Waals surface area contributed by atoms with Gasteiger partial charge in [-0.25, -0.2) is 0 Å². The summed E-state index contributed by atoms with van der Waals surface area (Å²) in [6.07, 6.45) is 5.27. The van der Waals surface area contributed by atoms with Crippen LogP contribution in [-0.4, -0.2) is 44.7 Å². The standard InChI is InChI=1S/C21H34N4O3/c1-15(2)25-19(26)12-13-23-21(22-3)24-14-16-8-7-11-18(27-4)20(16)28-17-9-5-6-10-17/h7-8,11,15,17H,5-6,9-10,12-14H2,1-4H3,(H,25,26)(H2,22,23,24). The van der Waals surface area contributed by atoms with Gasteiger partial charge in [-0.15, -0.1) is 0 Å². The van der Waals surface area contributed by atoms with E-state index < -0.39 is 0 Å². The molecule has 0 bridgehead atoms. The lowest BCUT2D eigenvalue weighted by Gasteiger charge is -2.20. The van der Waals surface area contributed by atoms with Crippen LogP contribution in [0.2, 0.25) is 0 Å². The van der Waals surface area contributed by atoms with E-state index in [0.29, 0.717) is 25.5 Å². The number of nitrogens with one attached hydrogen (secondary N) is 3. The fourth-order valence-electron chi connectivity index (χ4n) is 3.26. The third-order valence-corrected chi connectivity index (χ3v) is 4.63. The van der Waals surface area contributed by atoms with Crippen LogP contribution in [0.5, 0.6) is 11.5 Å². The van der Waals surface area contributed by atoms with Crippen LogP contribution in [-0.2, 0) is 11.3 Å². The smallest absolute Gasteiger partial charge is 0.221 e. The lowest BCUT2D eigenvalue weighted by atomic mass is 10.1. The molecule has 0 heterocycles. The van der Waals surface area contributed by atoms with Gasteiger partial charge in [-0.2, -0.15) is 0 Å². The van der Waals surface area contributed by atoms with Crippen LogP contribution in [0.15, 0.2) is 23.2 Å². The average molecular weight is 391 g/mol. The Hall–Kier alpha value is -2.44. The molecule has 1 amide bonds. The number of hydrogen-bond acceptors (Lipinski definition) is 4. The average Bonchev–Trinajstić information content (AvgIpc) is 3.17. The molecule has 0 aromatic heterocycles. The Morgan fingerprint density at radius 2 is 2.00 bits per heavy atom. The van der Waals surface area contributed by atoms with E-state index in [1.165, 1.54) is 12.8 Å². The van der Waals surface area contributed by atoms with Gasteiger partial charge >= 0.3 is 0 Å². The molecule has 0 aliphatic heterocycles. The molecule has 0 spiro atoms. The number of aliphatic imine (C=N–C) groups is 1. The summed E-state index contributed by atoms with van der Waals surface area (Å²) >= 11 is 0. The maximum absolute atomic E-state index is 11.7. The summed E-state index contributed by atoms with van der Waals surface area (Å²) in [6, 6.07) is 6.07. The van der Waals surface area contributed by atoms with E-state index in [4.69, 9.17) is 9.47 Å². The fraction of sp³-hybridized carbons (Fsp3) is 0.619. The van der Waals surface area contributed by atoms with Crippen molar-refractivity contribution in [3.05, 3.63) is 23.8 Å². The van der Waals surface area contributed by atoms with Crippen LogP contribution in [0.1, 0.15) is 51.5 Å². The molecule has 7 heteroatoms. The second-order valence-corrected chi connectivity index (χ2v) is 7.30. The topological polar surface area (TPSA) is 84.0 Å². The molecular weight excluding hydrogens is 356 g/mol. The van der Waals surface area contributed by atoms with Gasteiger partial charge in [0.2, 0.25) is 5.91 Å². The molecule has 3 N–H and O–H groups in total. The molecule has 28 heavy (non-hydrogen) atoms. The van der Waals surface area contributed by atoms with Crippen molar-refractivity contribution in [2.75, 3.05) is 20.7 Å². The minimum atomic E-state index is 0.0259. The van der Waals surface area contributed by atoms with Crippen molar-refractivity contribution in [2.24, 2.45) is 4.99 Å². The molecular formula is C21H34N4O3. The molecule has 1 saturated carbocycles. The first-order valence-corrected chi connectivity index (χ1v) is 10.1. The normalized spacial score (nSPS) is 14.8. The molecule has 0 saturated heterocycles. The maximum atomic E-state index is 11.7. The molecule has 156 valence electrons. The van der Waals surface area contributed by atoms with E-state index >= 15 is 0 Å². The van der Waals surface area contributed by atoms with Crippen molar-refractivity contribution < 1.29 is 14.3 Å². The van der Waals surface area contributed by atoms with Gasteiger partial charge in [-0.1, -0.05) is 12.1 Å². The van der Waals surface area contributed by atoms with E-state index in [0.717, 1.165) is 29.9 Å². The van der Waals surface area contributed by atoms with Crippen molar-refractivity contribution in [3.63, 3.8) is 0 Å². The summed E-state index contributed by atoms with van der Waals surface area (Å²) in [7, 11) is 3.38. The van der Waals surface area contributed by atoms with E-state index in [1.54, 1.807) is 14.2 Å². The van der Waals surface area contributed by atoms with Gasteiger partial charge in [0.05, 0.1) is 13.2 Å². The van der Waals surface area contributed by atoms with Crippen LogP contribution in [0.4, 0.5) is 0 Å². The largest absolute Gasteiger partial charge is 0.493 e. The van der Waals surface area contributed by atoms with Crippen LogP contribution in [0.25, 0.3) is 0 Å². The number of nitrogens with zero attached hydrogens (tertiary/aromatic N) is 1. The number of benzene rings is 1. The number of hydrogen-bond donors (Lipinski definition) is 3. The summed E-state index contributed by atoms with van der Waals surface area (Å²) in [4.78, 5) is 16.0. The zero-order valence-corrected chi connectivity index (χ0v) is 17.5. The maximum Gasteiger partial charge on any atom is 0.221 e. The summed E-state index contributed by atoms with van der Waals surface area (Å²) in [5.74, 6) is 2.22. The second kappa shape index (κ2) is 11.4. The van der Waals surface area contributed by atoms with Crippen LogP contribution < -0.4 is 25.4 Å². The first-order chi connectivity index (χ1) is 13.5. The molecule has 1 fully saturated rings. The van der Waals surface area contributed by atoms with Gasteiger partial charge in [0, 0.05) is 38.2 Å². The minimum Gasteiger partial charge on any atom is -0.493 e. The molecule has 1 aliphatic rings. The quantitative estimate of drug-likeness (QED) is 0.446. The molecule has 7 nitrogen and oxygen atoms in total. The summed E-state index contributed by atoms with van der Waals surface area (Å²) in [6.45, 7) is 4.97. The van der Waals surface area contributed by atoms with Crippen molar-refractivity contribution in [1.29, 1.82) is 0 Å². The van der Waals surface area contributed by atoms with E-state index in [1.807, 2.05) is 32.0 Å². The highest BCUT2D eigenvalue weighted by Gasteiger charge is 2.20. The zero-order chi connectivity index (χ0) is 20.4. The monoisotopic (exact) mass is 390 g/mol. The molecule has 2 rings (SSSR count). The number of guanidine groups is 1. The predicted octanol–water partition coefficient (Wildman–Crippen LogP) is 2.60. The van der Waals surface area contributed by atoms with Gasteiger partial charge in [0.1, 0.15) is 0 Å². The van der Waals surface area contributed by atoms with Crippen molar-refractivity contribution in [1.82, 2.24) is 16.0 Å². The number of para-hydroxylation sites is 1. The first-order valence-electron chi connectivity index (χ1n) is 10.1. The Balaban J connectivity index is 1.91. The Morgan fingerprint density at radius 1 is 1.25 bits per heavy atom. The number of methoxy groups -OCH3 is 1. The zero-order valence-electron chi connectivity index (χ0n) is 17.5. The van der Waals surface area contributed by atoms with Gasteiger partial charge in [-0.3, -0.25) is 9.79 Å². The molecule has 0 radical (unpaired) electrons. The summed E-state index contributed by atoms with van der Waals surface area (Å²) < 4.78 is 11.8. The number of carbonyl (C=O) groups excluding carboxylic acids is 1. The highest BCUT2D eigenvalue weighted by atomic mass is 16.5. The van der Waals surface area contributed by atoms with Crippen molar-refractivity contribution in [3.8, 4) is 11.5 Å². The Labute approximate surface area is 168 Å². The van der Waals surface area contributed by atoms with Gasteiger partial charge in [0.15, 0.2) is 17.5 Å². The molecule has 1 aromatic rings. The van der Waals surface area contributed by atoms with Gasteiger partial charge in [0.25, 0.3) is 0 Å².